The van der Waals surface area contributed by atoms with Crippen molar-refractivity contribution in [2.75, 3.05) is 6.61 Å². The lowest BCUT2D eigenvalue weighted by Crippen LogP contribution is -2.46. The van der Waals surface area contributed by atoms with Crippen molar-refractivity contribution in [2.24, 2.45) is 11.3 Å². The molecule has 0 bridgehead atoms. The second-order valence-corrected chi connectivity index (χ2v) is 6.29. The zero-order valence-electron chi connectivity index (χ0n) is 10.6. The number of ether oxygens (including phenoxy) is 1. The van der Waals surface area contributed by atoms with Crippen LogP contribution in [0.3, 0.4) is 0 Å². The van der Waals surface area contributed by atoms with E-state index in [0.717, 1.165) is 12.3 Å². The topological polar surface area (TPSA) is 38.3 Å². The number of esters is 1. The number of carbonyl (C=O) groups excluding carboxylic acids is 1. The van der Waals surface area contributed by atoms with E-state index >= 15 is 0 Å². The van der Waals surface area contributed by atoms with Gasteiger partial charge in [-0.1, -0.05) is 20.8 Å². The fourth-order valence-corrected chi connectivity index (χ4v) is 3.40. The molecule has 2 aliphatic rings. The Bertz CT molecular complexity index is 275. The number of hydrogen-bond donors (Lipinski definition) is 1. The van der Waals surface area contributed by atoms with E-state index in [4.69, 9.17) is 4.74 Å². The van der Waals surface area contributed by atoms with Crippen molar-refractivity contribution < 1.29 is 9.53 Å². The summed E-state index contributed by atoms with van der Waals surface area (Å²) in [5, 5.41) is 3.48. The van der Waals surface area contributed by atoms with Crippen LogP contribution in [-0.4, -0.2) is 24.7 Å². The lowest BCUT2D eigenvalue weighted by molar-refractivity contribution is -0.140. The molecule has 0 amide bonds. The third-order valence-electron chi connectivity index (χ3n) is 3.76. The molecule has 1 aliphatic heterocycles. The summed E-state index contributed by atoms with van der Waals surface area (Å²) in [7, 11) is 0. The summed E-state index contributed by atoms with van der Waals surface area (Å²) in [4.78, 5) is 11.4. The van der Waals surface area contributed by atoms with Gasteiger partial charge in [0, 0.05) is 12.5 Å². The van der Waals surface area contributed by atoms with Gasteiger partial charge in [0.15, 0.2) is 0 Å². The summed E-state index contributed by atoms with van der Waals surface area (Å²) in [6, 6.07) is 0.431. The molecule has 0 aromatic heterocycles. The van der Waals surface area contributed by atoms with Crippen molar-refractivity contribution in [3.63, 3.8) is 0 Å². The molecule has 3 atom stereocenters. The third kappa shape index (κ3) is 2.76. The maximum atomic E-state index is 11.4. The number of rotatable bonds is 2. The maximum absolute atomic E-state index is 11.4. The monoisotopic (exact) mass is 225 g/mol. The smallest absolute Gasteiger partial charge is 0.323 e. The van der Waals surface area contributed by atoms with Gasteiger partial charge in [0.1, 0.15) is 6.04 Å². The first-order valence-corrected chi connectivity index (χ1v) is 6.39. The average Bonchev–Trinajstić information content (AvgIpc) is 2.48. The van der Waals surface area contributed by atoms with Gasteiger partial charge in [-0.25, -0.2) is 0 Å². The normalized spacial score (nSPS) is 38.4. The Labute approximate surface area is 97.9 Å². The van der Waals surface area contributed by atoms with Crippen LogP contribution >= 0.6 is 0 Å². The van der Waals surface area contributed by atoms with E-state index in [-0.39, 0.29) is 12.0 Å². The van der Waals surface area contributed by atoms with Crippen molar-refractivity contribution in [2.45, 2.75) is 58.5 Å². The van der Waals surface area contributed by atoms with Crippen molar-refractivity contribution >= 4 is 5.97 Å². The van der Waals surface area contributed by atoms with Crippen LogP contribution in [0.25, 0.3) is 0 Å². The first kappa shape index (κ1) is 11.9. The van der Waals surface area contributed by atoms with Gasteiger partial charge in [-0.3, -0.25) is 4.79 Å². The molecular formula is C13H23NO2. The van der Waals surface area contributed by atoms with Gasteiger partial charge in [-0.2, -0.15) is 0 Å². The zero-order chi connectivity index (χ0) is 11.8. The number of carbonyl (C=O) groups is 1. The fourth-order valence-electron chi connectivity index (χ4n) is 3.40. The number of nitrogens with one attached hydrogen (secondary N) is 1. The summed E-state index contributed by atoms with van der Waals surface area (Å²) in [6.07, 6.45) is 4.48. The zero-order valence-corrected chi connectivity index (χ0v) is 10.6. The van der Waals surface area contributed by atoms with Crippen LogP contribution in [0.2, 0.25) is 0 Å². The Morgan fingerprint density at radius 1 is 1.38 bits per heavy atom. The number of cyclic esters (lactones) is 1. The molecule has 2 rings (SSSR count). The fraction of sp³-hybridized carbons (Fsp3) is 0.923. The van der Waals surface area contributed by atoms with Crippen LogP contribution < -0.4 is 5.32 Å². The number of hydrogen-bond acceptors (Lipinski definition) is 3. The minimum absolute atomic E-state index is 0.0499. The highest BCUT2D eigenvalue weighted by molar-refractivity contribution is 5.77. The Balaban J connectivity index is 1.91. The molecule has 1 heterocycles. The second kappa shape index (κ2) is 4.36. The molecule has 1 saturated carbocycles. The van der Waals surface area contributed by atoms with Gasteiger partial charge in [0.25, 0.3) is 0 Å². The first-order chi connectivity index (χ1) is 7.46. The molecular weight excluding hydrogens is 202 g/mol. The SMILES string of the molecule is CC1CC(NC2CCOC2=O)CC(C)(C)C1. The summed E-state index contributed by atoms with van der Waals surface area (Å²) in [5.41, 5.74) is 0.401. The van der Waals surface area contributed by atoms with Crippen LogP contribution in [0, 0.1) is 11.3 Å². The quantitative estimate of drug-likeness (QED) is 0.731. The predicted molar refractivity (Wildman–Crippen MR) is 63.1 cm³/mol. The molecule has 3 nitrogen and oxygen atoms in total. The Morgan fingerprint density at radius 2 is 2.12 bits per heavy atom. The van der Waals surface area contributed by atoms with Gasteiger partial charge in [0.05, 0.1) is 6.61 Å². The van der Waals surface area contributed by atoms with Gasteiger partial charge < -0.3 is 10.1 Å². The summed E-state index contributed by atoms with van der Waals surface area (Å²) < 4.78 is 4.98. The minimum Gasteiger partial charge on any atom is -0.464 e. The lowest BCUT2D eigenvalue weighted by Gasteiger charge is -2.40. The highest BCUT2D eigenvalue weighted by atomic mass is 16.5. The van der Waals surface area contributed by atoms with Crippen LogP contribution in [0.4, 0.5) is 0 Å². The van der Waals surface area contributed by atoms with E-state index < -0.39 is 0 Å². The summed E-state index contributed by atoms with van der Waals surface area (Å²) in [6.45, 7) is 7.54. The highest BCUT2D eigenvalue weighted by Crippen LogP contribution is 2.38. The van der Waals surface area contributed by atoms with E-state index in [0.29, 0.717) is 18.1 Å². The van der Waals surface area contributed by atoms with Crippen LogP contribution in [0.1, 0.15) is 46.5 Å². The highest BCUT2D eigenvalue weighted by Gasteiger charge is 2.35. The van der Waals surface area contributed by atoms with Crippen LogP contribution in [0.5, 0.6) is 0 Å². The van der Waals surface area contributed by atoms with Gasteiger partial charge >= 0.3 is 5.97 Å². The van der Waals surface area contributed by atoms with E-state index in [1.807, 2.05) is 0 Å². The molecule has 1 aliphatic carbocycles. The van der Waals surface area contributed by atoms with Crippen molar-refractivity contribution in [3.8, 4) is 0 Å². The van der Waals surface area contributed by atoms with Gasteiger partial charge in [-0.15, -0.1) is 0 Å². The molecule has 2 fully saturated rings. The van der Waals surface area contributed by atoms with E-state index in [2.05, 4.69) is 26.1 Å². The first-order valence-electron chi connectivity index (χ1n) is 6.39. The van der Waals surface area contributed by atoms with Crippen molar-refractivity contribution in [1.29, 1.82) is 0 Å². The predicted octanol–water partition coefficient (Wildman–Crippen LogP) is 2.11. The van der Waals surface area contributed by atoms with Crippen LogP contribution in [0.15, 0.2) is 0 Å². The molecule has 0 radical (unpaired) electrons. The molecule has 0 spiro atoms. The van der Waals surface area contributed by atoms with E-state index in [1.165, 1.54) is 19.3 Å². The van der Waals surface area contributed by atoms with Crippen LogP contribution in [-0.2, 0) is 9.53 Å². The Kier molecular flexibility index (Phi) is 3.24. The molecule has 1 N–H and O–H groups in total. The van der Waals surface area contributed by atoms with E-state index in [9.17, 15) is 4.79 Å². The molecule has 16 heavy (non-hydrogen) atoms. The Morgan fingerprint density at radius 3 is 2.69 bits per heavy atom. The Hall–Kier alpha value is -0.570. The van der Waals surface area contributed by atoms with Gasteiger partial charge in [-0.05, 0) is 30.6 Å². The second-order valence-electron chi connectivity index (χ2n) is 6.29. The van der Waals surface area contributed by atoms with E-state index in [1.54, 1.807) is 0 Å². The molecule has 3 unspecified atom stereocenters. The minimum atomic E-state index is -0.0592. The molecule has 92 valence electrons. The molecule has 3 heteroatoms. The molecule has 0 aromatic rings. The lowest BCUT2D eigenvalue weighted by atomic mass is 9.70. The third-order valence-corrected chi connectivity index (χ3v) is 3.76. The van der Waals surface area contributed by atoms with Crippen molar-refractivity contribution in [3.05, 3.63) is 0 Å². The van der Waals surface area contributed by atoms with Crippen molar-refractivity contribution in [1.82, 2.24) is 5.32 Å². The largest absolute Gasteiger partial charge is 0.464 e. The standard InChI is InChI=1S/C13H23NO2/c1-9-6-10(8-13(2,3)7-9)14-11-4-5-16-12(11)15/h9-11,14H,4-8H2,1-3H3. The molecule has 1 saturated heterocycles. The summed E-state index contributed by atoms with van der Waals surface area (Å²) >= 11 is 0. The average molecular weight is 225 g/mol. The maximum Gasteiger partial charge on any atom is 0.323 e. The van der Waals surface area contributed by atoms with Gasteiger partial charge in [0.2, 0.25) is 0 Å². The summed E-state index contributed by atoms with van der Waals surface area (Å²) in [5.74, 6) is 0.690. The molecule has 0 aromatic carbocycles.